The van der Waals surface area contributed by atoms with Crippen LogP contribution in [0, 0.1) is 0 Å². The van der Waals surface area contributed by atoms with Gasteiger partial charge in [-0.15, -0.1) is 0 Å². The maximum Gasteiger partial charge on any atom is 0.109 e. The van der Waals surface area contributed by atoms with Crippen molar-refractivity contribution >= 4 is 11.8 Å². The van der Waals surface area contributed by atoms with E-state index in [2.05, 4.69) is 9.97 Å². The third kappa shape index (κ3) is 2.06. The highest BCUT2D eigenvalue weighted by Crippen LogP contribution is 2.29. The molecule has 3 nitrogen and oxygen atoms in total. The molecule has 1 fully saturated rings. The number of hydrogen-bond acceptors (Lipinski definition) is 3. The normalized spacial score (nSPS) is 19.2. The topological polar surface area (TPSA) is 48.9 Å². The van der Waals surface area contributed by atoms with Crippen LogP contribution in [0.5, 0.6) is 0 Å². The molecule has 0 radical (unpaired) electrons. The first-order chi connectivity index (χ1) is 6.40. The number of aliphatic hydroxyl groups is 1. The molecule has 1 aromatic rings. The zero-order chi connectivity index (χ0) is 9.10. The number of nitrogens with zero attached hydrogens (tertiary/aromatic N) is 1. The second kappa shape index (κ2) is 4.15. The molecule has 4 heteroatoms. The molecule has 0 aliphatic carbocycles. The highest BCUT2D eigenvalue weighted by molar-refractivity contribution is 7.99. The summed E-state index contributed by atoms with van der Waals surface area (Å²) < 4.78 is 0. The molecule has 0 amide bonds. The molecule has 1 aromatic heterocycles. The Hall–Kier alpha value is -0.480. The van der Waals surface area contributed by atoms with Crippen LogP contribution in [0.3, 0.4) is 0 Å². The van der Waals surface area contributed by atoms with E-state index in [0.29, 0.717) is 5.92 Å². The second-order valence-corrected chi connectivity index (χ2v) is 4.56. The van der Waals surface area contributed by atoms with Gasteiger partial charge in [-0.05, 0) is 24.3 Å². The summed E-state index contributed by atoms with van der Waals surface area (Å²) in [6.45, 7) is 0.0640. The van der Waals surface area contributed by atoms with Crippen molar-refractivity contribution in [1.29, 1.82) is 0 Å². The molecular weight excluding hydrogens is 184 g/mol. The van der Waals surface area contributed by atoms with Gasteiger partial charge in [0, 0.05) is 5.92 Å². The molecule has 0 bridgehead atoms. The van der Waals surface area contributed by atoms with E-state index in [4.69, 9.17) is 5.11 Å². The minimum absolute atomic E-state index is 0.0640. The van der Waals surface area contributed by atoms with Gasteiger partial charge in [0.05, 0.1) is 18.5 Å². The molecule has 13 heavy (non-hydrogen) atoms. The molecule has 72 valence electrons. The zero-order valence-corrected chi connectivity index (χ0v) is 8.31. The van der Waals surface area contributed by atoms with Crippen LogP contribution in [0.1, 0.15) is 30.3 Å². The van der Waals surface area contributed by atoms with Crippen molar-refractivity contribution in [3.05, 3.63) is 17.7 Å². The van der Waals surface area contributed by atoms with E-state index >= 15 is 0 Å². The van der Waals surface area contributed by atoms with Crippen LogP contribution in [0.4, 0.5) is 0 Å². The van der Waals surface area contributed by atoms with Gasteiger partial charge in [-0.3, -0.25) is 0 Å². The summed E-state index contributed by atoms with van der Waals surface area (Å²) in [6.07, 6.45) is 4.16. The van der Waals surface area contributed by atoms with Crippen molar-refractivity contribution in [3.8, 4) is 0 Å². The quantitative estimate of drug-likeness (QED) is 0.757. The third-order valence-corrected chi connectivity index (χ3v) is 3.48. The number of thioether (sulfide) groups is 1. The molecule has 0 unspecified atom stereocenters. The molecule has 0 atom stereocenters. The predicted molar refractivity (Wildman–Crippen MR) is 53.8 cm³/mol. The summed E-state index contributed by atoms with van der Waals surface area (Å²) in [5, 5.41) is 8.87. The molecule has 1 saturated heterocycles. The Morgan fingerprint density at radius 1 is 1.54 bits per heavy atom. The molecule has 0 saturated carbocycles. The van der Waals surface area contributed by atoms with E-state index in [1.165, 1.54) is 24.3 Å². The lowest BCUT2D eigenvalue weighted by atomic mass is 10.0. The van der Waals surface area contributed by atoms with Crippen molar-refractivity contribution in [2.24, 2.45) is 0 Å². The van der Waals surface area contributed by atoms with E-state index in [1.54, 1.807) is 6.20 Å². The SMILES string of the molecule is OCc1cnc(C2CCSCC2)[nH]1. The Balaban J connectivity index is 2.05. The number of imidazole rings is 1. The van der Waals surface area contributed by atoms with E-state index in [-0.39, 0.29) is 6.61 Å². The van der Waals surface area contributed by atoms with Gasteiger partial charge >= 0.3 is 0 Å². The van der Waals surface area contributed by atoms with Crippen LogP contribution < -0.4 is 0 Å². The standard InChI is InChI=1S/C9H14N2OS/c12-6-8-5-10-9(11-8)7-1-3-13-4-2-7/h5,7,12H,1-4,6H2,(H,10,11). The fraction of sp³-hybridized carbons (Fsp3) is 0.667. The van der Waals surface area contributed by atoms with Gasteiger partial charge in [-0.25, -0.2) is 4.98 Å². The van der Waals surface area contributed by atoms with E-state index in [9.17, 15) is 0 Å². The van der Waals surface area contributed by atoms with Crippen LogP contribution >= 0.6 is 11.8 Å². The van der Waals surface area contributed by atoms with Crippen molar-refractivity contribution in [2.75, 3.05) is 11.5 Å². The molecule has 1 aliphatic heterocycles. The highest BCUT2D eigenvalue weighted by Gasteiger charge is 2.18. The van der Waals surface area contributed by atoms with Crippen LogP contribution in [-0.2, 0) is 6.61 Å². The molecule has 0 aromatic carbocycles. The highest BCUT2D eigenvalue weighted by atomic mass is 32.2. The van der Waals surface area contributed by atoms with Gasteiger partial charge in [0.15, 0.2) is 0 Å². The number of hydrogen-bond donors (Lipinski definition) is 2. The Morgan fingerprint density at radius 3 is 2.92 bits per heavy atom. The van der Waals surface area contributed by atoms with Crippen molar-refractivity contribution in [2.45, 2.75) is 25.4 Å². The van der Waals surface area contributed by atoms with E-state index in [0.717, 1.165) is 11.5 Å². The maximum atomic E-state index is 8.87. The number of aromatic nitrogens is 2. The molecule has 2 heterocycles. The fourth-order valence-corrected chi connectivity index (χ4v) is 2.74. The van der Waals surface area contributed by atoms with Gasteiger partial charge in [-0.2, -0.15) is 11.8 Å². The number of aromatic amines is 1. The minimum Gasteiger partial charge on any atom is -0.390 e. The monoisotopic (exact) mass is 198 g/mol. The Morgan fingerprint density at radius 2 is 2.31 bits per heavy atom. The van der Waals surface area contributed by atoms with Crippen molar-refractivity contribution < 1.29 is 5.11 Å². The molecule has 1 aliphatic rings. The molecule has 2 N–H and O–H groups in total. The number of rotatable bonds is 2. The number of nitrogens with one attached hydrogen (secondary N) is 1. The summed E-state index contributed by atoms with van der Waals surface area (Å²) in [5.74, 6) is 4.12. The van der Waals surface area contributed by atoms with Gasteiger partial charge in [0.1, 0.15) is 5.82 Å². The van der Waals surface area contributed by atoms with Crippen LogP contribution in [0.25, 0.3) is 0 Å². The first-order valence-corrected chi connectivity index (χ1v) is 5.78. The summed E-state index contributed by atoms with van der Waals surface area (Å²) in [6, 6.07) is 0. The van der Waals surface area contributed by atoms with Crippen LogP contribution in [-0.4, -0.2) is 26.6 Å². The van der Waals surface area contributed by atoms with Crippen molar-refractivity contribution in [1.82, 2.24) is 9.97 Å². The number of H-pyrrole nitrogens is 1. The van der Waals surface area contributed by atoms with Crippen LogP contribution in [0.2, 0.25) is 0 Å². The first-order valence-electron chi connectivity index (χ1n) is 4.62. The Bertz CT molecular complexity index is 268. The lowest BCUT2D eigenvalue weighted by Crippen LogP contribution is -2.09. The molecule has 0 spiro atoms. The van der Waals surface area contributed by atoms with Gasteiger partial charge in [-0.1, -0.05) is 0 Å². The minimum atomic E-state index is 0.0640. The summed E-state index contributed by atoms with van der Waals surface area (Å²) in [4.78, 5) is 7.45. The van der Waals surface area contributed by atoms with Crippen LogP contribution in [0.15, 0.2) is 6.20 Å². The van der Waals surface area contributed by atoms with Gasteiger partial charge in [0.25, 0.3) is 0 Å². The molecular formula is C9H14N2OS. The van der Waals surface area contributed by atoms with E-state index < -0.39 is 0 Å². The average Bonchev–Trinajstić information content (AvgIpc) is 2.67. The Labute approximate surface area is 82.0 Å². The largest absolute Gasteiger partial charge is 0.390 e. The first kappa shape index (κ1) is 9.09. The molecule has 2 rings (SSSR count). The average molecular weight is 198 g/mol. The van der Waals surface area contributed by atoms with Crippen molar-refractivity contribution in [3.63, 3.8) is 0 Å². The lowest BCUT2D eigenvalue weighted by molar-refractivity contribution is 0.277. The van der Waals surface area contributed by atoms with E-state index in [1.807, 2.05) is 11.8 Å². The fourth-order valence-electron chi connectivity index (χ4n) is 1.64. The summed E-state index contributed by atoms with van der Waals surface area (Å²) in [5.41, 5.74) is 0.827. The second-order valence-electron chi connectivity index (χ2n) is 3.34. The summed E-state index contributed by atoms with van der Waals surface area (Å²) >= 11 is 2.01. The lowest BCUT2D eigenvalue weighted by Gasteiger charge is -2.18. The van der Waals surface area contributed by atoms with Gasteiger partial charge < -0.3 is 10.1 Å². The number of aliphatic hydroxyl groups excluding tert-OH is 1. The smallest absolute Gasteiger partial charge is 0.109 e. The third-order valence-electron chi connectivity index (χ3n) is 2.43. The predicted octanol–water partition coefficient (Wildman–Crippen LogP) is 1.51. The zero-order valence-electron chi connectivity index (χ0n) is 7.49. The van der Waals surface area contributed by atoms with Gasteiger partial charge in [0.2, 0.25) is 0 Å². The summed E-state index contributed by atoms with van der Waals surface area (Å²) in [7, 11) is 0. The Kier molecular flexibility index (Phi) is 2.90. The maximum absolute atomic E-state index is 8.87.